The Morgan fingerprint density at radius 2 is 1.65 bits per heavy atom. The van der Waals surface area contributed by atoms with Crippen LogP contribution in [0.25, 0.3) is 0 Å². The number of nitrogens with zero attached hydrogens (tertiary/aromatic N) is 1. The monoisotopic (exact) mass is 531 g/mol. The number of benzene rings is 3. The summed E-state index contributed by atoms with van der Waals surface area (Å²) in [6, 6.07) is 12.9. The van der Waals surface area contributed by atoms with Gasteiger partial charge in [0.05, 0.1) is 0 Å². The molecule has 2 N–H and O–H groups in total. The van der Waals surface area contributed by atoms with E-state index < -0.39 is 44.8 Å². The summed E-state index contributed by atoms with van der Waals surface area (Å²) in [6.45, 7) is 1.09. The maximum absolute atomic E-state index is 14.0. The molecule has 4 rings (SSSR count). The van der Waals surface area contributed by atoms with Crippen LogP contribution in [0.1, 0.15) is 12.5 Å². The third kappa shape index (κ3) is 5.97. The number of fused-ring (bicyclic) bond motifs is 1. The van der Waals surface area contributed by atoms with Gasteiger partial charge in [0.2, 0.25) is 5.91 Å². The minimum atomic E-state index is -4.55. The number of sulfonamides is 1. The van der Waals surface area contributed by atoms with Gasteiger partial charge >= 0.3 is 12.1 Å². The van der Waals surface area contributed by atoms with Crippen LogP contribution in [-0.2, 0) is 21.2 Å². The van der Waals surface area contributed by atoms with E-state index in [0.717, 1.165) is 19.1 Å². The van der Waals surface area contributed by atoms with Crippen molar-refractivity contribution >= 4 is 27.6 Å². The molecule has 194 valence electrons. The van der Waals surface area contributed by atoms with Crippen LogP contribution in [0.4, 0.5) is 19.3 Å². The topological polar surface area (TPSA) is 114 Å². The summed E-state index contributed by atoms with van der Waals surface area (Å²) in [5.41, 5.74) is 0.995. The average Bonchev–Trinajstić information content (AvgIpc) is 3.16. The average molecular weight is 532 g/mol. The SMILES string of the molecule is CN(C(=O)[C@H](Cc1ccccc1)NC(=O)NS(=O)(=O)c1ccccc1F)c1ccc2c(c1)OC(C)(F)O2. The Morgan fingerprint density at radius 3 is 2.35 bits per heavy atom. The third-order valence-electron chi connectivity index (χ3n) is 5.47. The summed E-state index contributed by atoms with van der Waals surface area (Å²) in [5.74, 6) is -1.40. The maximum atomic E-state index is 14.0. The van der Waals surface area contributed by atoms with E-state index in [-0.39, 0.29) is 17.9 Å². The van der Waals surface area contributed by atoms with E-state index in [1.54, 1.807) is 35.1 Å². The molecule has 0 spiro atoms. The van der Waals surface area contributed by atoms with Gasteiger partial charge in [-0.25, -0.2) is 22.3 Å². The number of hydrogen-bond acceptors (Lipinski definition) is 6. The minimum Gasteiger partial charge on any atom is -0.423 e. The van der Waals surface area contributed by atoms with Gasteiger partial charge in [-0.3, -0.25) is 4.79 Å². The molecule has 0 radical (unpaired) electrons. The molecule has 1 aliphatic rings. The second kappa shape index (κ2) is 10.1. The molecular formula is C25H23F2N3O6S. The van der Waals surface area contributed by atoms with Crippen molar-refractivity contribution in [1.82, 2.24) is 10.0 Å². The van der Waals surface area contributed by atoms with Gasteiger partial charge < -0.3 is 19.7 Å². The van der Waals surface area contributed by atoms with E-state index in [1.165, 1.54) is 42.3 Å². The van der Waals surface area contributed by atoms with Crippen LogP contribution in [0.3, 0.4) is 0 Å². The van der Waals surface area contributed by atoms with Gasteiger partial charge in [-0.15, -0.1) is 0 Å². The normalized spacial score (nSPS) is 17.1. The summed E-state index contributed by atoms with van der Waals surface area (Å²) in [4.78, 5) is 26.6. The number of anilines is 1. The smallest absolute Gasteiger partial charge is 0.404 e. The van der Waals surface area contributed by atoms with Crippen molar-refractivity contribution in [2.45, 2.75) is 30.3 Å². The zero-order valence-electron chi connectivity index (χ0n) is 19.8. The quantitative estimate of drug-likeness (QED) is 0.483. The van der Waals surface area contributed by atoms with Crippen LogP contribution < -0.4 is 24.4 Å². The zero-order chi connectivity index (χ0) is 26.8. The van der Waals surface area contributed by atoms with Crippen molar-refractivity contribution in [1.29, 1.82) is 0 Å². The molecule has 9 nitrogen and oxygen atoms in total. The first-order chi connectivity index (χ1) is 17.4. The van der Waals surface area contributed by atoms with Gasteiger partial charge in [-0.2, -0.15) is 4.39 Å². The molecule has 12 heteroatoms. The molecule has 0 aliphatic carbocycles. The molecule has 0 aromatic heterocycles. The second-order valence-corrected chi connectivity index (χ2v) is 9.97. The number of hydrogen-bond donors (Lipinski definition) is 2. The van der Waals surface area contributed by atoms with Crippen LogP contribution in [0.15, 0.2) is 77.7 Å². The number of carbonyl (C=O) groups excluding carboxylic acids is 2. The van der Waals surface area contributed by atoms with Crippen molar-refractivity contribution in [3.05, 3.63) is 84.2 Å². The fourth-order valence-corrected chi connectivity index (χ4v) is 4.72. The van der Waals surface area contributed by atoms with E-state index in [1.807, 2.05) is 0 Å². The van der Waals surface area contributed by atoms with Crippen molar-refractivity contribution in [2.24, 2.45) is 0 Å². The van der Waals surface area contributed by atoms with E-state index in [4.69, 9.17) is 9.47 Å². The first-order valence-corrected chi connectivity index (χ1v) is 12.5. The van der Waals surface area contributed by atoms with Gasteiger partial charge in [0, 0.05) is 32.1 Å². The molecule has 0 saturated carbocycles. The summed E-state index contributed by atoms with van der Waals surface area (Å²) in [5, 5.41) is 2.37. The molecule has 1 unspecified atom stereocenters. The zero-order valence-corrected chi connectivity index (χ0v) is 20.6. The molecule has 0 bridgehead atoms. The molecule has 0 saturated heterocycles. The molecule has 1 heterocycles. The van der Waals surface area contributed by atoms with Gasteiger partial charge in [0.1, 0.15) is 16.8 Å². The molecule has 0 fully saturated rings. The largest absolute Gasteiger partial charge is 0.423 e. The maximum Gasteiger partial charge on any atom is 0.404 e. The molecular weight excluding hydrogens is 508 g/mol. The Balaban J connectivity index is 1.55. The van der Waals surface area contributed by atoms with Crippen LogP contribution >= 0.6 is 0 Å². The number of urea groups is 1. The van der Waals surface area contributed by atoms with E-state index >= 15 is 0 Å². The fraction of sp³-hybridized carbons (Fsp3) is 0.200. The molecule has 1 aliphatic heterocycles. The van der Waals surface area contributed by atoms with Crippen LogP contribution in [0.2, 0.25) is 0 Å². The van der Waals surface area contributed by atoms with Crippen molar-refractivity contribution in [3.63, 3.8) is 0 Å². The third-order valence-corrected chi connectivity index (χ3v) is 6.83. The Morgan fingerprint density at radius 1 is 1.00 bits per heavy atom. The number of amides is 3. The summed E-state index contributed by atoms with van der Waals surface area (Å²) < 4.78 is 64.9. The number of alkyl halides is 1. The highest BCUT2D eigenvalue weighted by atomic mass is 32.2. The number of halogens is 2. The number of likely N-dealkylation sites (N-methyl/N-ethyl adjacent to an activating group) is 1. The van der Waals surface area contributed by atoms with E-state index in [0.29, 0.717) is 11.3 Å². The standard InChI is InChI=1S/C25H23F2N3O6S/c1-25(27)35-20-13-12-17(15-21(20)36-25)30(2)23(31)19(14-16-8-4-3-5-9-16)28-24(32)29-37(33,34)22-11-7-6-10-18(22)26/h3-13,15,19H,14H2,1-2H3,(H2,28,29,32)/t19-,25?/m0/s1. The first-order valence-electron chi connectivity index (χ1n) is 11.1. The van der Waals surface area contributed by atoms with E-state index in [2.05, 4.69) is 5.32 Å². The number of ether oxygens (including phenoxy) is 2. The van der Waals surface area contributed by atoms with Gasteiger partial charge in [0.15, 0.2) is 11.5 Å². The van der Waals surface area contributed by atoms with E-state index in [9.17, 15) is 26.8 Å². The Bertz CT molecular complexity index is 1430. The highest BCUT2D eigenvalue weighted by molar-refractivity contribution is 7.90. The van der Waals surface area contributed by atoms with Gasteiger partial charge in [-0.1, -0.05) is 42.5 Å². The highest BCUT2D eigenvalue weighted by Crippen LogP contribution is 2.42. The van der Waals surface area contributed by atoms with Crippen molar-refractivity contribution in [3.8, 4) is 11.5 Å². The van der Waals surface area contributed by atoms with Crippen molar-refractivity contribution < 1.29 is 36.3 Å². The highest BCUT2D eigenvalue weighted by Gasteiger charge is 2.37. The lowest BCUT2D eigenvalue weighted by Crippen LogP contribution is -2.52. The summed E-state index contributed by atoms with van der Waals surface area (Å²) in [6.07, 6.45) is 0.0181. The predicted octanol–water partition coefficient (Wildman–Crippen LogP) is 3.50. The number of rotatable bonds is 7. The molecule has 3 aromatic carbocycles. The Hall–Kier alpha value is -4.19. The first kappa shape index (κ1) is 25.9. The lowest BCUT2D eigenvalue weighted by molar-refractivity contribution is -0.173. The lowest BCUT2D eigenvalue weighted by Gasteiger charge is -2.25. The fourth-order valence-electron chi connectivity index (χ4n) is 3.72. The molecule has 3 aromatic rings. The minimum absolute atomic E-state index is 0.0181. The van der Waals surface area contributed by atoms with Crippen LogP contribution in [0.5, 0.6) is 11.5 Å². The predicted molar refractivity (Wildman–Crippen MR) is 130 cm³/mol. The summed E-state index contributed by atoms with van der Waals surface area (Å²) in [7, 11) is -3.12. The van der Waals surface area contributed by atoms with Crippen molar-refractivity contribution in [2.75, 3.05) is 11.9 Å². The Labute approximate surface area is 212 Å². The molecule has 2 atom stereocenters. The van der Waals surface area contributed by atoms with Gasteiger partial charge in [-0.05, 0) is 29.8 Å². The second-order valence-electron chi connectivity index (χ2n) is 8.32. The van der Waals surface area contributed by atoms with Gasteiger partial charge in [0.25, 0.3) is 10.0 Å². The Kier molecular flexibility index (Phi) is 7.03. The van der Waals surface area contributed by atoms with Crippen LogP contribution in [0, 0.1) is 5.82 Å². The molecule has 3 amide bonds. The van der Waals surface area contributed by atoms with Crippen LogP contribution in [-0.4, -0.2) is 39.5 Å². The molecule has 37 heavy (non-hydrogen) atoms. The number of nitrogens with one attached hydrogen (secondary N) is 2. The lowest BCUT2D eigenvalue weighted by atomic mass is 10.0. The number of carbonyl (C=O) groups is 2. The summed E-state index contributed by atoms with van der Waals surface area (Å²) >= 11 is 0.